The van der Waals surface area contributed by atoms with E-state index in [2.05, 4.69) is 24.2 Å². The third-order valence-corrected chi connectivity index (χ3v) is 2.97. The molecule has 5 nitrogen and oxygen atoms in total. The molecule has 0 saturated heterocycles. The number of aromatic nitrogens is 4. The maximum atomic E-state index is 4.24. The molecule has 2 heterocycles. The molecule has 0 bridgehead atoms. The Bertz CT molecular complexity index is 409. The van der Waals surface area contributed by atoms with Gasteiger partial charge in [-0.15, -0.1) is 0 Å². The summed E-state index contributed by atoms with van der Waals surface area (Å²) >= 11 is 1.42. The summed E-state index contributed by atoms with van der Waals surface area (Å²) in [7, 11) is 0. The zero-order valence-corrected chi connectivity index (χ0v) is 10.1. The van der Waals surface area contributed by atoms with Crippen LogP contribution in [0.3, 0.4) is 0 Å². The van der Waals surface area contributed by atoms with Gasteiger partial charge in [0.05, 0.1) is 6.33 Å². The van der Waals surface area contributed by atoms with Crippen molar-refractivity contribution in [2.75, 3.05) is 11.9 Å². The Morgan fingerprint density at radius 2 is 2.38 bits per heavy atom. The summed E-state index contributed by atoms with van der Waals surface area (Å²) in [5.41, 5.74) is 0. The van der Waals surface area contributed by atoms with Crippen LogP contribution in [0.25, 0.3) is 0 Å². The summed E-state index contributed by atoms with van der Waals surface area (Å²) in [5.74, 6) is 0.839. The Kier molecular flexibility index (Phi) is 3.87. The lowest BCUT2D eigenvalue weighted by Gasteiger charge is -2.02. The second-order valence-electron chi connectivity index (χ2n) is 3.58. The first-order valence-electron chi connectivity index (χ1n) is 5.34. The average Bonchev–Trinajstić information content (AvgIpc) is 2.89. The summed E-state index contributed by atoms with van der Waals surface area (Å²) in [6, 6.07) is 0. The van der Waals surface area contributed by atoms with Crippen molar-refractivity contribution in [3.05, 3.63) is 24.5 Å². The van der Waals surface area contributed by atoms with Gasteiger partial charge in [-0.05, 0) is 19.8 Å². The first-order chi connectivity index (χ1) is 7.84. The maximum Gasteiger partial charge on any atom is 0.202 e. The molecule has 16 heavy (non-hydrogen) atoms. The molecule has 0 aliphatic carbocycles. The van der Waals surface area contributed by atoms with E-state index >= 15 is 0 Å². The molecule has 0 amide bonds. The molecule has 0 spiro atoms. The molecule has 0 fully saturated rings. The number of hydrogen-bond donors (Lipinski definition) is 1. The SMILES string of the molecule is Cc1nsc(NCCCCn2ccnc2)n1. The van der Waals surface area contributed by atoms with Crippen molar-refractivity contribution in [3.63, 3.8) is 0 Å². The van der Waals surface area contributed by atoms with Crippen LogP contribution in [0.15, 0.2) is 18.7 Å². The minimum absolute atomic E-state index is 0.839. The van der Waals surface area contributed by atoms with E-state index in [-0.39, 0.29) is 0 Å². The molecule has 6 heteroatoms. The molecule has 0 radical (unpaired) electrons. The number of aryl methyl sites for hydroxylation is 2. The number of rotatable bonds is 6. The molecule has 2 rings (SSSR count). The zero-order valence-electron chi connectivity index (χ0n) is 9.26. The topological polar surface area (TPSA) is 55.6 Å². The van der Waals surface area contributed by atoms with Crippen LogP contribution < -0.4 is 5.32 Å². The van der Waals surface area contributed by atoms with Gasteiger partial charge in [0.2, 0.25) is 5.13 Å². The van der Waals surface area contributed by atoms with Crippen LogP contribution in [0.1, 0.15) is 18.7 Å². The minimum Gasteiger partial charge on any atom is -0.360 e. The second-order valence-corrected chi connectivity index (χ2v) is 4.33. The summed E-state index contributed by atoms with van der Waals surface area (Å²) in [6.45, 7) is 3.88. The highest BCUT2D eigenvalue weighted by molar-refractivity contribution is 7.09. The van der Waals surface area contributed by atoms with E-state index in [9.17, 15) is 0 Å². The van der Waals surface area contributed by atoms with E-state index in [0.29, 0.717) is 0 Å². The van der Waals surface area contributed by atoms with E-state index in [1.807, 2.05) is 25.6 Å². The van der Waals surface area contributed by atoms with Crippen molar-refractivity contribution in [2.45, 2.75) is 26.3 Å². The van der Waals surface area contributed by atoms with Gasteiger partial charge >= 0.3 is 0 Å². The van der Waals surface area contributed by atoms with Crippen LogP contribution in [0.4, 0.5) is 5.13 Å². The predicted molar refractivity (Wildman–Crippen MR) is 64.6 cm³/mol. The fourth-order valence-electron chi connectivity index (χ4n) is 1.40. The van der Waals surface area contributed by atoms with Gasteiger partial charge in [0.15, 0.2) is 0 Å². The molecule has 0 aromatic carbocycles. The van der Waals surface area contributed by atoms with Crippen LogP contribution in [0.2, 0.25) is 0 Å². The normalized spacial score (nSPS) is 10.6. The quantitative estimate of drug-likeness (QED) is 0.780. The smallest absolute Gasteiger partial charge is 0.202 e. The number of hydrogen-bond acceptors (Lipinski definition) is 5. The highest BCUT2D eigenvalue weighted by Gasteiger charge is 1.98. The van der Waals surface area contributed by atoms with Crippen molar-refractivity contribution in [1.82, 2.24) is 18.9 Å². The van der Waals surface area contributed by atoms with Gasteiger partial charge in [-0.25, -0.2) is 9.97 Å². The van der Waals surface area contributed by atoms with Crippen molar-refractivity contribution in [2.24, 2.45) is 0 Å². The minimum atomic E-state index is 0.839. The van der Waals surface area contributed by atoms with E-state index in [0.717, 1.165) is 36.9 Å². The third kappa shape index (κ3) is 3.30. The monoisotopic (exact) mass is 237 g/mol. The van der Waals surface area contributed by atoms with E-state index in [1.165, 1.54) is 11.5 Å². The first-order valence-corrected chi connectivity index (χ1v) is 6.12. The third-order valence-electron chi connectivity index (χ3n) is 2.21. The Morgan fingerprint density at radius 1 is 1.44 bits per heavy atom. The van der Waals surface area contributed by atoms with Gasteiger partial charge in [0.1, 0.15) is 5.82 Å². The van der Waals surface area contributed by atoms with Gasteiger partial charge in [0.25, 0.3) is 0 Å². The number of unbranched alkanes of at least 4 members (excludes halogenated alkanes) is 1. The molecular weight excluding hydrogens is 222 g/mol. The molecule has 2 aromatic rings. The molecule has 0 atom stereocenters. The van der Waals surface area contributed by atoms with Crippen LogP contribution >= 0.6 is 11.5 Å². The van der Waals surface area contributed by atoms with Crippen LogP contribution in [-0.2, 0) is 6.54 Å². The first kappa shape index (κ1) is 11.1. The lowest BCUT2D eigenvalue weighted by Crippen LogP contribution is -2.03. The van der Waals surface area contributed by atoms with E-state index < -0.39 is 0 Å². The van der Waals surface area contributed by atoms with Crippen molar-refractivity contribution in [1.29, 1.82) is 0 Å². The predicted octanol–water partition coefficient (Wildman–Crippen LogP) is 1.94. The molecule has 0 aliphatic heterocycles. The van der Waals surface area contributed by atoms with Gasteiger partial charge in [0, 0.05) is 37.0 Å². The van der Waals surface area contributed by atoms with Crippen molar-refractivity contribution in [3.8, 4) is 0 Å². The second kappa shape index (κ2) is 5.60. The Labute approximate surface area is 98.7 Å². The highest BCUT2D eigenvalue weighted by atomic mass is 32.1. The Balaban J connectivity index is 1.59. The fraction of sp³-hybridized carbons (Fsp3) is 0.500. The van der Waals surface area contributed by atoms with Crippen LogP contribution in [0.5, 0.6) is 0 Å². The Morgan fingerprint density at radius 3 is 3.06 bits per heavy atom. The van der Waals surface area contributed by atoms with E-state index in [4.69, 9.17) is 0 Å². The van der Waals surface area contributed by atoms with Crippen LogP contribution in [-0.4, -0.2) is 25.5 Å². The summed E-state index contributed by atoms with van der Waals surface area (Å²) in [4.78, 5) is 8.24. The molecule has 2 aromatic heterocycles. The molecule has 1 N–H and O–H groups in total. The molecule has 0 aliphatic rings. The molecular formula is C10H15N5S. The maximum absolute atomic E-state index is 4.24. The summed E-state index contributed by atoms with van der Waals surface area (Å²) in [5, 5.41) is 4.18. The highest BCUT2D eigenvalue weighted by Crippen LogP contribution is 2.09. The summed E-state index contributed by atoms with van der Waals surface area (Å²) < 4.78 is 6.20. The Hall–Kier alpha value is -1.43. The van der Waals surface area contributed by atoms with Gasteiger partial charge in [-0.3, -0.25) is 0 Å². The van der Waals surface area contributed by atoms with Crippen molar-refractivity contribution >= 4 is 16.7 Å². The summed E-state index contributed by atoms with van der Waals surface area (Å²) in [6.07, 6.45) is 7.91. The van der Waals surface area contributed by atoms with Gasteiger partial charge in [-0.1, -0.05) is 0 Å². The fourth-order valence-corrected chi connectivity index (χ4v) is 2.00. The lowest BCUT2D eigenvalue weighted by atomic mass is 10.3. The van der Waals surface area contributed by atoms with E-state index in [1.54, 1.807) is 0 Å². The number of nitrogens with zero attached hydrogens (tertiary/aromatic N) is 4. The number of imidazole rings is 1. The number of anilines is 1. The van der Waals surface area contributed by atoms with Gasteiger partial charge in [-0.2, -0.15) is 4.37 Å². The molecule has 86 valence electrons. The van der Waals surface area contributed by atoms with Crippen molar-refractivity contribution < 1.29 is 0 Å². The standard InChI is InChI=1S/C10H15N5S/c1-9-13-10(16-14-9)12-4-2-3-6-15-7-5-11-8-15/h5,7-8H,2-4,6H2,1H3,(H,12,13,14). The molecule has 0 unspecified atom stereocenters. The zero-order chi connectivity index (χ0) is 11.2. The molecule has 0 saturated carbocycles. The number of nitrogens with one attached hydrogen (secondary N) is 1. The lowest BCUT2D eigenvalue weighted by molar-refractivity contribution is 0.621. The largest absolute Gasteiger partial charge is 0.360 e. The van der Waals surface area contributed by atoms with Gasteiger partial charge < -0.3 is 9.88 Å². The average molecular weight is 237 g/mol. The van der Waals surface area contributed by atoms with Crippen LogP contribution in [0, 0.1) is 6.92 Å².